The quantitative estimate of drug-likeness (QED) is 0.536. The highest BCUT2D eigenvalue weighted by molar-refractivity contribution is 4.72. The molecule has 0 aromatic rings. The molecule has 0 amide bonds. The minimum absolute atomic E-state index is 0.203. The van der Waals surface area contributed by atoms with Crippen LogP contribution >= 0.6 is 0 Å². The zero-order valence-electron chi connectivity index (χ0n) is 8.56. The molecule has 0 aromatic carbocycles. The van der Waals surface area contributed by atoms with Gasteiger partial charge < -0.3 is 16.8 Å². The molecule has 0 heterocycles. The van der Waals surface area contributed by atoms with E-state index in [0.717, 1.165) is 26.2 Å². The minimum Gasteiger partial charge on any atom is -0.330 e. The Labute approximate surface area is 75.9 Å². The Morgan fingerprint density at radius 3 is 2.33 bits per heavy atom. The van der Waals surface area contributed by atoms with Crippen molar-refractivity contribution in [2.45, 2.75) is 20.8 Å². The summed E-state index contributed by atoms with van der Waals surface area (Å²) in [6, 6.07) is 0. The van der Waals surface area contributed by atoms with Crippen molar-refractivity contribution >= 4 is 0 Å². The van der Waals surface area contributed by atoms with E-state index in [-0.39, 0.29) is 5.41 Å². The monoisotopic (exact) mass is 173 g/mol. The second kappa shape index (κ2) is 5.51. The molecule has 0 bridgehead atoms. The highest BCUT2D eigenvalue weighted by Gasteiger charge is 2.14. The fourth-order valence-corrected chi connectivity index (χ4v) is 0.812. The summed E-state index contributed by atoms with van der Waals surface area (Å²) in [5, 5.41) is 3.37. The van der Waals surface area contributed by atoms with Gasteiger partial charge in [0.05, 0.1) is 0 Å². The lowest BCUT2D eigenvalue weighted by Crippen LogP contribution is -2.38. The number of hydrogen-bond donors (Lipinski definition) is 3. The van der Waals surface area contributed by atoms with Gasteiger partial charge in [-0.25, -0.2) is 0 Å². The number of rotatable bonds is 6. The van der Waals surface area contributed by atoms with E-state index in [0.29, 0.717) is 5.92 Å². The molecule has 1 unspecified atom stereocenters. The van der Waals surface area contributed by atoms with Crippen LogP contribution in [0.3, 0.4) is 0 Å². The molecule has 0 aromatic heterocycles. The van der Waals surface area contributed by atoms with Gasteiger partial charge in [-0.1, -0.05) is 20.8 Å². The smallest absolute Gasteiger partial charge is 0.00147 e. The first-order valence-electron chi connectivity index (χ1n) is 4.62. The van der Waals surface area contributed by atoms with Gasteiger partial charge in [-0.3, -0.25) is 0 Å². The molecule has 0 saturated heterocycles. The van der Waals surface area contributed by atoms with Crippen molar-refractivity contribution in [2.75, 3.05) is 26.2 Å². The third kappa shape index (κ3) is 5.52. The molecule has 5 N–H and O–H groups in total. The van der Waals surface area contributed by atoms with Crippen LogP contribution in [-0.4, -0.2) is 26.2 Å². The summed E-state index contributed by atoms with van der Waals surface area (Å²) in [5.74, 6) is 0.554. The van der Waals surface area contributed by atoms with E-state index >= 15 is 0 Å². The molecule has 0 radical (unpaired) electrons. The minimum atomic E-state index is 0.203. The van der Waals surface area contributed by atoms with Gasteiger partial charge in [-0.05, 0) is 31.0 Å². The fourth-order valence-electron chi connectivity index (χ4n) is 0.812. The van der Waals surface area contributed by atoms with Crippen molar-refractivity contribution in [1.82, 2.24) is 5.32 Å². The van der Waals surface area contributed by atoms with Crippen molar-refractivity contribution in [3.8, 4) is 0 Å². The topological polar surface area (TPSA) is 64.1 Å². The molecule has 1 atom stereocenters. The van der Waals surface area contributed by atoms with Gasteiger partial charge >= 0.3 is 0 Å². The van der Waals surface area contributed by atoms with Gasteiger partial charge in [0, 0.05) is 6.54 Å². The Kier molecular flexibility index (Phi) is 5.46. The molecule has 12 heavy (non-hydrogen) atoms. The summed E-state index contributed by atoms with van der Waals surface area (Å²) < 4.78 is 0. The highest BCUT2D eigenvalue weighted by Crippen LogP contribution is 2.09. The third-order valence-corrected chi connectivity index (χ3v) is 2.05. The predicted molar refractivity (Wildman–Crippen MR) is 53.9 cm³/mol. The standard InChI is InChI=1S/C9H23N3/c1-8(4-10)5-12-7-9(2,3)6-11/h8,12H,4-7,10-11H2,1-3H3. The van der Waals surface area contributed by atoms with Crippen LogP contribution in [0.1, 0.15) is 20.8 Å². The molecule has 0 rings (SSSR count). The summed E-state index contributed by atoms with van der Waals surface area (Å²) in [5.41, 5.74) is 11.3. The Balaban J connectivity index is 3.42. The van der Waals surface area contributed by atoms with E-state index in [2.05, 4.69) is 26.1 Å². The van der Waals surface area contributed by atoms with Gasteiger partial charge in [0.25, 0.3) is 0 Å². The van der Waals surface area contributed by atoms with E-state index in [4.69, 9.17) is 11.5 Å². The molecule has 74 valence electrons. The largest absolute Gasteiger partial charge is 0.330 e. The number of nitrogens with one attached hydrogen (secondary N) is 1. The molecule has 0 aliphatic heterocycles. The molecule has 3 nitrogen and oxygen atoms in total. The van der Waals surface area contributed by atoms with Crippen LogP contribution in [0, 0.1) is 11.3 Å². The molecule has 3 heteroatoms. The lowest BCUT2D eigenvalue weighted by atomic mass is 9.94. The lowest BCUT2D eigenvalue weighted by molar-refractivity contribution is 0.341. The second-order valence-corrected chi connectivity index (χ2v) is 4.34. The van der Waals surface area contributed by atoms with Crippen LogP contribution in [0.15, 0.2) is 0 Å². The highest BCUT2D eigenvalue weighted by atomic mass is 14.9. The first-order chi connectivity index (χ1) is 5.52. The maximum atomic E-state index is 5.59. The average Bonchev–Trinajstić information content (AvgIpc) is 2.04. The SMILES string of the molecule is CC(CN)CNCC(C)(C)CN. The van der Waals surface area contributed by atoms with E-state index in [1.165, 1.54) is 0 Å². The van der Waals surface area contributed by atoms with Gasteiger partial charge in [-0.2, -0.15) is 0 Å². The molecular weight excluding hydrogens is 150 g/mol. The summed E-state index contributed by atoms with van der Waals surface area (Å²) >= 11 is 0. The summed E-state index contributed by atoms with van der Waals surface area (Å²) in [6.45, 7) is 9.88. The van der Waals surface area contributed by atoms with E-state index in [9.17, 15) is 0 Å². The Morgan fingerprint density at radius 1 is 1.33 bits per heavy atom. The predicted octanol–water partition coefficient (Wildman–Crippen LogP) is 0.156. The third-order valence-electron chi connectivity index (χ3n) is 2.05. The van der Waals surface area contributed by atoms with E-state index < -0.39 is 0 Å². The van der Waals surface area contributed by atoms with E-state index in [1.54, 1.807) is 0 Å². The Morgan fingerprint density at radius 2 is 1.92 bits per heavy atom. The van der Waals surface area contributed by atoms with Gasteiger partial charge in [0.15, 0.2) is 0 Å². The van der Waals surface area contributed by atoms with Crippen molar-refractivity contribution in [3.63, 3.8) is 0 Å². The van der Waals surface area contributed by atoms with Gasteiger partial charge in [0.2, 0.25) is 0 Å². The lowest BCUT2D eigenvalue weighted by Gasteiger charge is -2.23. The van der Waals surface area contributed by atoms with Gasteiger partial charge in [0.1, 0.15) is 0 Å². The molecule has 0 fully saturated rings. The molecular formula is C9H23N3. The molecule has 0 saturated carbocycles. The van der Waals surface area contributed by atoms with E-state index in [1.807, 2.05) is 0 Å². The fraction of sp³-hybridized carbons (Fsp3) is 1.00. The van der Waals surface area contributed by atoms with Crippen molar-refractivity contribution in [2.24, 2.45) is 22.8 Å². The molecule has 0 aliphatic carbocycles. The van der Waals surface area contributed by atoms with Crippen LogP contribution in [0.5, 0.6) is 0 Å². The Hall–Kier alpha value is -0.120. The van der Waals surface area contributed by atoms with Crippen molar-refractivity contribution in [1.29, 1.82) is 0 Å². The maximum absolute atomic E-state index is 5.59. The first-order valence-corrected chi connectivity index (χ1v) is 4.62. The van der Waals surface area contributed by atoms with Gasteiger partial charge in [-0.15, -0.1) is 0 Å². The van der Waals surface area contributed by atoms with Crippen LogP contribution < -0.4 is 16.8 Å². The number of nitrogens with two attached hydrogens (primary N) is 2. The number of hydrogen-bond acceptors (Lipinski definition) is 3. The van der Waals surface area contributed by atoms with Crippen LogP contribution in [0.25, 0.3) is 0 Å². The molecule has 0 aliphatic rings. The molecule has 0 spiro atoms. The normalized spacial score (nSPS) is 14.8. The van der Waals surface area contributed by atoms with Crippen LogP contribution in [0.2, 0.25) is 0 Å². The average molecular weight is 173 g/mol. The summed E-state index contributed by atoms with van der Waals surface area (Å²) in [4.78, 5) is 0. The van der Waals surface area contributed by atoms with Crippen molar-refractivity contribution < 1.29 is 0 Å². The first kappa shape index (κ1) is 11.9. The Bertz CT molecular complexity index is 112. The van der Waals surface area contributed by atoms with Crippen molar-refractivity contribution in [3.05, 3.63) is 0 Å². The summed E-state index contributed by atoms with van der Waals surface area (Å²) in [6.07, 6.45) is 0. The maximum Gasteiger partial charge on any atom is 0.00147 e. The zero-order valence-corrected chi connectivity index (χ0v) is 8.56. The van der Waals surface area contributed by atoms with Crippen LogP contribution in [0.4, 0.5) is 0 Å². The van der Waals surface area contributed by atoms with Crippen LogP contribution in [-0.2, 0) is 0 Å². The second-order valence-electron chi connectivity index (χ2n) is 4.34. The zero-order chi connectivity index (χ0) is 9.61. The summed E-state index contributed by atoms with van der Waals surface area (Å²) in [7, 11) is 0.